The molecule has 2 aromatic rings. The molecule has 0 bridgehead atoms. The minimum Gasteiger partial charge on any atom is -0.361 e. The Hall–Kier alpha value is -2.30. The second kappa shape index (κ2) is 6.64. The van der Waals surface area contributed by atoms with Gasteiger partial charge in [0.05, 0.1) is 6.04 Å². The molecule has 1 atom stereocenters. The van der Waals surface area contributed by atoms with Crippen LogP contribution >= 0.6 is 0 Å². The maximum Gasteiger partial charge on any atom is 0.322 e. The number of amides is 2. The van der Waals surface area contributed by atoms with Crippen LogP contribution in [0.3, 0.4) is 0 Å². The van der Waals surface area contributed by atoms with E-state index < -0.39 is 0 Å². The lowest BCUT2D eigenvalue weighted by Gasteiger charge is -2.23. The maximum absolute atomic E-state index is 12.5. The van der Waals surface area contributed by atoms with Crippen molar-refractivity contribution in [1.82, 2.24) is 10.1 Å². The zero-order valence-electron chi connectivity index (χ0n) is 12.8. The number of para-hydroxylation sites is 1. The SMILES string of the molecule is CCCc1cc([C@H]2CCCN2C(=O)Nc2ccccc2)no1. The van der Waals surface area contributed by atoms with Crippen LogP contribution in [0.5, 0.6) is 0 Å². The van der Waals surface area contributed by atoms with Crippen molar-refractivity contribution in [2.75, 3.05) is 11.9 Å². The number of hydrogen-bond donors (Lipinski definition) is 1. The fourth-order valence-corrected chi connectivity index (χ4v) is 2.88. The molecule has 22 heavy (non-hydrogen) atoms. The lowest BCUT2D eigenvalue weighted by molar-refractivity contribution is 0.204. The van der Waals surface area contributed by atoms with E-state index >= 15 is 0 Å². The van der Waals surface area contributed by atoms with Crippen molar-refractivity contribution in [2.24, 2.45) is 0 Å². The van der Waals surface area contributed by atoms with E-state index in [-0.39, 0.29) is 12.1 Å². The van der Waals surface area contributed by atoms with Gasteiger partial charge in [0, 0.05) is 24.7 Å². The molecular formula is C17H21N3O2. The number of carbonyl (C=O) groups is 1. The topological polar surface area (TPSA) is 58.4 Å². The monoisotopic (exact) mass is 299 g/mol. The number of benzene rings is 1. The Labute approximate surface area is 130 Å². The molecule has 5 heteroatoms. The van der Waals surface area contributed by atoms with E-state index in [1.165, 1.54) is 0 Å². The number of rotatable bonds is 4. The number of carbonyl (C=O) groups excluding carboxylic acids is 1. The molecular weight excluding hydrogens is 278 g/mol. The normalized spacial score (nSPS) is 17.7. The number of likely N-dealkylation sites (tertiary alicyclic amines) is 1. The third-order valence-electron chi connectivity index (χ3n) is 3.95. The molecule has 1 aliphatic heterocycles. The molecule has 0 spiro atoms. The van der Waals surface area contributed by atoms with Crippen LogP contribution in [0.2, 0.25) is 0 Å². The first kappa shape index (κ1) is 14.6. The Morgan fingerprint density at radius 1 is 1.41 bits per heavy atom. The summed E-state index contributed by atoms with van der Waals surface area (Å²) in [6.07, 6.45) is 3.83. The van der Waals surface area contributed by atoms with Crippen LogP contribution in [0, 0.1) is 0 Å². The van der Waals surface area contributed by atoms with Gasteiger partial charge in [0.2, 0.25) is 0 Å². The van der Waals surface area contributed by atoms with Crippen LogP contribution in [-0.4, -0.2) is 22.6 Å². The smallest absolute Gasteiger partial charge is 0.322 e. The maximum atomic E-state index is 12.5. The molecule has 5 nitrogen and oxygen atoms in total. The van der Waals surface area contributed by atoms with Crippen LogP contribution in [0.15, 0.2) is 40.9 Å². The number of aromatic nitrogens is 1. The van der Waals surface area contributed by atoms with E-state index in [0.29, 0.717) is 0 Å². The minimum absolute atomic E-state index is 0.0121. The summed E-state index contributed by atoms with van der Waals surface area (Å²) in [5.74, 6) is 0.896. The van der Waals surface area contributed by atoms with Gasteiger partial charge in [-0.3, -0.25) is 0 Å². The molecule has 2 heterocycles. The highest BCUT2D eigenvalue weighted by molar-refractivity contribution is 5.89. The molecule has 1 fully saturated rings. The molecule has 1 saturated heterocycles. The lowest BCUT2D eigenvalue weighted by Crippen LogP contribution is -2.34. The van der Waals surface area contributed by atoms with Crippen LogP contribution < -0.4 is 5.32 Å². The first-order valence-electron chi connectivity index (χ1n) is 7.86. The van der Waals surface area contributed by atoms with E-state index in [1.807, 2.05) is 41.3 Å². The minimum atomic E-state index is -0.0752. The molecule has 0 aliphatic carbocycles. The van der Waals surface area contributed by atoms with Crippen molar-refractivity contribution in [3.8, 4) is 0 Å². The number of nitrogens with zero attached hydrogens (tertiary/aromatic N) is 2. The second-order valence-electron chi connectivity index (χ2n) is 5.62. The molecule has 0 saturated carbocycles. The van der Waals surface area contributed by atoms with Crippen molar-refractivity contribution < 1.29 is 9.32 Å². The highest BCUT2D eigenvalue weighted by Crippen LogP contribution is 2.32. The molecule has 1 aromatic carbocycles. The van der Waals surface area contributed by atoms with Gasteiger partial charge in [0.25, 0.3) is 0 Å². The third-order valence-corrected chi connectivity index (χ3v) is 3.95. The van der Waals surface area contributed by atoms with Crippen LogP contribution in [-0.2, 0) is 6.42 Å². The number of hydrogen-bond acceptors (Lipinski definition) is 3. The van der Waals surface area contributed by atoms with E-state index in [2.05, 4.69) is 17.4 Å². The quantitative estimate of drug-likeness (QED) is 0.928. The largest absolute Gasteiger partial charge is 0.361 e. The highest BCUT2D eigenvalue weighted by atomic mass is 16.5. The van der Waals surface area contributed by atoms with Crippen LogP contribution in [0.25, 0.3) is 0 Å². The standard InChI is InChI=1S/C17H21N3O2/c1-2-7-14-12-15(19-22-14)16-10-6-11-20(16)17(21)18-13-8-4-3-5-9-13/h3-5,8-9,12,16H,2,6-7,10-11H2,1H3,(H,18,21)/t16-/m1/s1. The Kier molecular flexibility index (Phi) is 4.42. The Bertz CT molecular complexity index is 624. The van der Waals surface area contributed by atoms with Gasteiger partial charge in [-0.25, -0.2) is 4.79 Å². The summed E-state index contributed by atoms with van der Waals surface area (Å²) in [6, 6.07) is 11.4. The van der Waals surface area contributed by atoms with Gasteiger partial charge in [-0.1, -0.05) is 30.3 Å². The summed E-state index contributed by atoms with van der Waals surface area (Å²) in [4.78, 5) is 14.3. The van der Waals surface area contributed by atoms with Crippen molar-refractivity contribution >= 4 is 11.7 Å². The number of urea groups is 1. The Balaban J connectivity index is 1.70. The van der Waals surface area contributed by atoms with Gasteiger partial charge in [-0.2, -0.15) is 0 Å². The summed E-state index contributed by atoms with van der Waals surface area (Å²) in [6.45, 7) is 2.86. The fourth-order valence-electron chi connectivity index (χ4n) is 2.88. The van der Waals surface area contributed by atoms with E-state index in [0.717, 1.165) is 49.4 Å². The third kappa shape index (κ3) is 3.13. The molecule has 1 aliphatic rings. The van der Waals surface area contributed by atoms with Gasteiger partial charge in [0.1, 0.15) is 11.5 Å². The summed E-state index contributed by atoms with van der Waals surface area (Å²) in [5, 5.41) is 7.10. The predicted molar refractivity (Wildman–Crippen MR) is 84.6 cm³/mol. The molecule has 1 aromatic heterocycles. The molecule has 2 amide bonds. The number of aryl methyl sites for hydroxylation is 1. The molecule has 3 rings (SSSR count). The van der Waals surface area contributed by atoms with E-state index in [9.17, 15) is 4.79 Å². The first-order chi connectivity index (χ1) is 10.8. The first-order valence-corrected chi connectivity index (χ1v) is 7.86. The lowest BCUT2D eigenvalue weighted by atomic mass is 10.1. The van der Waals surface area contributed by atoms with Gasteiger partial charge in [0.15, 0.2) is 0 Å². The summed E-state index contributed by atoms with van der Waals surface area (Å²) in [5.41, 5.74) is 1.68. The van der Waals surface area contributed by atoms with Crippen molar-refractivity contribution in [2.45, 2.75) is 38.6 Å². The van der Waals surface area contributed by atoms with Crippen molar-refractivity contribution in [1.29, 1.82) is 0 Å². The van der Waals surface area contributed by atoms with Gasteiger partial charge >= 0.3 is 6.03 Å². The zero-order chi connectivity index (χ0) is 15.4. The molecule has 0 unspecified atom stereocenters. The van der Waals surface area contributed by atoms with Crippen LogP contribution in [0.1, 0.15) is 43.7 Å². The Morgan fingerprint density at radius 2 is 2.23 bits per heavy atom. The zero-order valence-corrected chi connectivity index (χ0v) is 12.8. The average Bonchev–Trinajstić information content (AvgIpc) is 3.17. The van der Waals surface area contributed by atoms with Gasteiger partial charge in [-0.15, -0.1) is 0 Å². The van der Waals surface area contributed by atoms with Crippen molar-refractivity contribution in [3.63, 3.8) is 0 Å². The number of anilines is 1. The van der Waals surface area contributed by atoms with Crippen molar-refractivity contribution in [3.05, 3.63) is 47.9 Å². The Morgan fingerprint density at radius 3 is 3.00 bits per heavy atom. The molecule has 1 N–H and O–H groups in total. The van der Waals surface area contributed by atoms with Crippen LogP contribution in [0.4, 0.5) is 10.5 Å². The van der Waals surface area contributed by atoms with E-state index in [4.69, 9.17) is 4.52 Å². The van der Waals surface area contributed by atoms with E-state index in [1.54, 1.807) is 0 Å². The summed E-state index contributed by atoms with van der Waals surface area (Å²) in [7, 11) is 0. The average molecular weight is 299 g/mol. The molecule has 116 valence electrons. The van der Waals surface area contributed by atoms with Gasteiger partial charge < -0.3 is 14.7 Å². The molecule has 0 radical (unpaired) electrons. The fraction of sp³-hybridized carbons (Fsp3) is 0.412. The second-order valence-corrected chi connectivity index (χ2v) is 5.62. The number of nitrogens with one attached hydrogen (secondary N) is 1. The summed E-state index contributed by atoms with van der Waals surface area (Å²) >= 11 is 0. The highest BCUT2D eigenvalue weighted by Gasteiger charge is 2.32. The summed E-state index contributed by atoms with van der Waals surface area (Å²) < 4.78 is 5.36. The van der Waals surface area contributed by atoms with Gasteiger partial charge in [-0.05, 0) is 31.4 Å². The predicted octanol–water partition coefficient (Wildman–Crippen LogP) is 4.00.